The van der Waals surface area contributed by atoms with Crippen LogP contribution < -0.4 is 5.32 Å². The highest BCUT2D eigenvalue weighted by molar-refractivity contribution is 5.23. The molecule has 0 heterocycles. The molecule has 2 fully saturated rings. The smallest absolute Gasteiger partial charge is 0.123 e. The Bertz CT molecular complexity index is 419. The normalized spacial score (nSPS) is 29.4. The minimum absolute atomic E-state index is 0.106. The lowest BCUT2D eigenvalue weighted by atomic mass is 9.69. The van der Waals surface area contributed by atoms with Crippen LogP contribution in [0.15, 0.2) is 24.3 Å². The van der Waals surface area contributed by atoms with Crippen LogP contribution in [0.1, 0.15) is 50.5 Å². The van der Waals surface area contributed by atoms with Crippen molar-refractivity contribution >= 4 is 0 Å². The molecule has 1 aromatic rings. The molecule has 0 spiro atoms. The number of hydrogen-bond acceptors (Lipinski definition) is 1. The molecule has 2 aliphatic rings. The first-order valence-electron chi connectivity index (χ1n) is 7.13. The summed E-state index contributed by atoms with van der Waals surface area (Å²) in [5.74, 6) is 0.457. The second-order valence-corrected chi connectivity index (χ2v) is 6.47. The summed E-state index contributed by atoms with van der Waals surface area (Å²) in [6.45, 7) is 3.54. The molecule has 2 saturated carbocycles. The topological polar surface area (TPSA) is 12.0 Å². The molecule has 98 valence electrons. The molecule has 0 bridgehead atoms. The third-order valence-corrected chi connectivity index (χ3v) is 4.84. The SMILES string of the molecule is CC1(CNC2CC(c3cccc(F)c3)C2)CCC1. The summed E-state index contributed by atoms with van der Waals surface area (Å²) < 4.78 is 13.1. The Morgan fingerprint density at radius 3 is 2.72 bits per heavy atom. The van der Waals surface area contributed by atoms with Gasteiger partial charge in [-0.1, -0.05) is 25.5 Å². The summed E-state index contributed by atoms with van der Waals surface area (Å²) in [6, 6.07) is 7.73. The number of hydrogen-bond donors (Lipinski definition) is 1. The van der Waals surface area contributed by atoms with Crippen molar-refractivity contribution in [2.24, 2.45) is 5.41 Å². The van der Waals surface area contributed by atoms with E-state index in [1.165, 1.54) is 43.7 Å². The lowest BCUT2D eigenvalue weighted by Gasteiger charge is -2.43. The standard InChI is InChI=1S/C16H22FN/c1-16(6-3-7-16)11-18-15-9-13(10-15)12-4-2-5-14(17)8-12/h2,4-5,8,13,15,18H,3,6-7,9-11H2,1H3. The van der Waals surface area contributed by atoms with Crippen molar-refractivity contribution in [2.45, 2.75) is 51.0 Å². The highest BCUT2D eigenvalue weighted by atomic mass is 19.1. The van der Waals surface area contributed by atoms with Crippen LogP contribution in [-0.4, -0.2) is 12.6 Å². The summed E-state index contributed by atoms with van der Waals surface area (Å²) in [6.07, 6.45) is 6.48. The van der Waals surface area contributed by atoms with Gasteiger partial charge in [-0.2, -0.15) is 0 Å². The molecule has 18 heavy (non-hydrogen) atoms. The van der Waals surface area contributed by atoms with Gasteiger partial charge >= 0.3 is 0 Å². The molecule has 0 aliphatic heterocycles. The Morgan fingerprint density at radius 2 is 2.11 bits per heavy atom. The zero-order valence-electron chi connectivity index (χ0n) is 11.1. The van der Waals surface area contributed by atoms with Gasteiger partial charge in [-0.3, -0.25) is 0 Å². The fourth-order valence-corrected chi connectivity index (χ4v) is 3.17. The summed E-state index contributed by atoms with van der Waals surface area (Å²) in [4.78, 5) is 0. The van der Waals surface area contributed by atoms with E-state index < -0.39 is 0 Å². The molecule has 0 unspecified atom stereocenters. The number of halogens is 1. The third kappa shape index (κ3) is 2.44. The minimum atomic E-state index is -0.106. The van der Waals surface area contributed by atoms with Crippen LogP contribution in [0.25, 0.3) is 0 Å². The van der Waals surface area contributed by atoms with Gasteiger partial charge in [0.1, 0.15) is 5.82 Å². The van der Waals surface area contributed by atoms with E-state index in [1.54, 1.807) is 6.07 Å². The highest BCUT2D eigenvalue weighted by Crippen LogP contribution is 2.41. The first kappa shape index (κ1) is 12.2. The van der Waals surface area contributed by atoms with Crippen LogP contribution in [-0.2, 0) is 0 Å². The lowest BCUT2D eigenvalue weighted by molar-refractivity contribution is 0.137. The highest BCUT2D eigenvalue weighted by Gasteiger charge is 2.35. The van der Waals surface area contributed by atoms with E-state index in [9.17, 15) is 4.39 Å². The zero-order valence-corrected chi connectivity index (χ0v) is 11.1. The van der Waals surface area contributed by atoms with Gasteiger partial charge in [0.2, 0.25) is 0 Å². The number of nitrogens with one attached hydrogen (secondary N) is 1. The maximum absolute atomic E-state index is 13.1. The molecule has 2 aliphatic carbocycles. The van der Waals surface area contributed by atoms with E-state index in [0.717, 1.165) is 6.54 Å². The summed E-state index contributed by atoms with van der Waals surface area (Å²) >= 11 is 0. The monoisotopic (exact) mass is 247 g/mol. The van der Waals surface area contributed by atoms with Crippen LogP contribution in [0.2, 0.25) is 0 Å². The average molecular weight is 247 g/mol. The van der Waals surface area contributed by atoms with Gasteiger partial charge in [0.05, 0.1) is 0 Å². The van der Waals surface area contributed by atoms with Crippen molar-refractivity contribution in [3.63, 3.8) is 0 Å². The van der Waals surface area contributed by atoms with Crippen LogP contribution in [0.5, 0.6) is 0 Å². The fraction of sp³-hybridized carbons (Fsp3) is 0.625. The molecule has 0 atom stereocenters. The van der Waals surface area contributed by atoms with Crippen molar-refractivity contribution in [2.75, 3.05) is 6.54 Å². The molecular weight excluding hydrogens is 225 g/mol. The molecule has 1 aromatic carbocycles. The van der Waals surface area contributed by atoms with Crippen LogP contribution in [0, 0.1) is 11.2 Å². The predicted octanol–water partition coefficient (Wildman–Crippen LogP) is 3.85. The van der Waals surface area contributed by atoms with E-state index in [2.05, 4.69) is 18.3 Å². The molecule has 2 heteroatoms. The van der Waals surface area contributed by atoms with Gasteiger partial charge in [-0.25, -0.2) is 4.39 Å². The van der Waals surface area contributed by atoms with Crippen LogP contribution in [0.3, 0.4) is 0 Å². The second-order valence-electron chi connectivity index (χ2n) is 6.47. The van der Waals surface area contributed by atoms with Crippen LogP contribution >= 0.6 is 0 Å². The molecule has 0 aromatic heterocycles. The number of rotatable bonds is 4. The van der Waals surface area contributed by atoms with Crippen LogP contribution in [0.4, 0.5) is 4.39 Å². The Balaban J connectivity index is 1.45. The van der Waals surface area contributed by atoms with Crippen molar-refractivity contribution < 1.29 is 4.39 Å². The van der Waals surface area contributed by atoms with Gasteiger partial charge in [0, 0.05) is 12.6 Å². The largest absolute Gasteiger partial charge is 0.313 e. The van der Waals surface area contributed by atoms with E-state index in [1.807, 2.05) is 6.07 Å². The Hall–Kier alpha value is -0.890. The first-order valence-corrected chi connectivity index (χ1v) is 7.13. The fourth-order valence-electron chi connectivity index (χ4n) is 3.17. The Labute approximate surface area is 109 Å². The van der Waals surface area contributed by atoms with E-state index >= 15 is 0 Å². The molecule has 1 N–H and O–H groups in total. The maximum atomic E-state index is 13.1. The third-order valence-electron chi connectivity index (χ3n) is 4.84. The van der Waals surface area contributed by atoms with Gasteiger partial charge in [0.15, 0.2) is 0 Å². The van der Waals surface area contributed by atoms with Gasteiger partial charge in [-0.15, -0.1) is 0 Å². The molecule has 1 nitrogen and oxygen atoms in total. The van der Waals surface area contributed by atoms with Crippen molar-refractivity contribution in [3.8, 4) is 0 Å². The van der Waals surface area contributed by atoms with Crippen molar-refractivity contribution in [1.29, 1.82) is 0 Å². The predicted molar refractivity (Wildman–Crippen MR) is 72.1 cm³/mol. The molecular formula is C16H22FN. The average Bonchev–Trinajstić information content (AvgIpc) is 2.24. The van der Waals surface area contributed by atoms with E-state index in [0.29, 0.717) is 17.4 Å². The van der Waals surface area contributed by atoms with E-state index in [-0.39, 0.29) is 5.82 Å². The summed E-state index contributed by atoms with van der Waals surface area (Å²) in [5, 5.41) is 3.68. The Morgan fingerprint density at radius 1 is 1.33 bits per heavy atom. The first-order chi connectivity index (χ1) is 8.65. The lowest BCUT2D eigenvalue weighted by Crippen LogP contribution is -2.46. The van der Waals surface area contributed by atoms with Gasteiger partial charge in [0.25, 0.3) is 0 Å². The zero-order chi connectivity index (χ0) is 12.6. The van der Waals surface area contributed by atoms with Gasteiger partial charge < -0.3 is 5.32 Å². The quantitative estimate of drug-likeness (QED) is 0.852. The summed E-state index contributed by atoms with van der Waals surface area (Å²) in [7, 11) is 0. The molecule has 0 saturated heterocycles. The Kier molecular flexibility index (Phi) is 3.14. The molecule has 0 radical (unpaired) electrons. The van der Waals surface area contributed by atoms with Gasteiger partial charge in [-0.05, 0) is 54.7 Å². The second kappa shape index (κ2) is 4.65. The maximum Gasteiger partial charge on any atom is 0.123 e. The van der Waals surface area contributed by atoms with E-state index in [4.69, 9.17) is 0 Å². The minimum Gasteiger partial charge on any atom is -0.313 e. The van der Waals surface area contributed by atoms with Crippen molar-refractivity contribution in [1.82, 2.24) is 5.32 Å². The molecule has 0 amide bonds. The van der Waals surface area contributed by atoms with Crippen molar-refractivity contribution in [3.05, 3.63) is 35.6 Å². The number of benzene rings is 1. The summed E-state index contributed by atoms with van der Waals surface area (Å²) in [5.41, 5.74) is 1.73. The molecule has 3 rings (SSSR count).